The van der Waals surface area contributed by atoms with E-state index in [1.807, 2.05) is 12.1 Å². The molecule has 0 radical (unpaired) electrons. The molecule has 0 aliphatic heterocycles. The Morgan fingerprint density at radius 1 is 1.16 bits per heavy atom. The Morgan fingerprint density at radius 2 is 1.96 bits per heavy atom. The molecule has 0 aliphatic rings. The van der Waals surface area contributed by atoms with Gasteiger partial charge in [0.2, 0.25) is 5.89 Å². The fourth-order valence-electron chi connectivity index (χ4n) is 2.37. The van der Waals surface area contributed by atoms with Crippen LogP contribution in [0.15, 0.2) is 39.9 Å². The molecule has 2 rings (SSSR count). The summed E-state index contributed by atoms with van der Waals surface area (Å²) in [7, 11) is 3.50. The predicted octanol–water partition coefficient (Wildman–Crippen LogP) is 3.13. The van der Waals surface area contributed by atoms with Crippen LogP contribution in [0.1, 0.15) is 30.5 Å². The standard InChI is InChI=1S/C19H28N4O2/c1-15-7-9-16(10-8-15)18-23-17(14-25-18)13-22-19(20-2)21-11-5-4-6-12-24-3/h7-10,14H,4-6,11-13H2,1-3H3,(H2,20,21,22). The van der Waals surface area contributed by atoms with Crippen LogP contribution in [0, 0.1) is 6.92 Å². The Morgan fingerprint density at radius 3 is 2.68 bits per heavy atom. The van der Waals surface area contributed by atoms with E-state index in [0.717, 1.165) is 49.6 Å². The number of aliphatic imine (C=N–C) groups is 1. The molecule has 0 bridgehead atoms. The minimum Gasteiger partial charge on any atom is -0.444 e. The molecule has 1 aromatic heterocycles. The number of unbranched alkanes of at least 4 members (excludes halogenated alkanes) is 2. The third kappa shape index (κ3) is 6.58. The van der Waals surface area contributed by atoms with E-state index >= 15 is 0 Å². The number of nitrogens with one attached hydrogen (secondary N) is 2. The highest BCUT2D eigenvalue weighted by atomic mass is 16.5. The molecular formula is C19H28N4O2. The molecule has 2 aromatic rings. The Balaban J connectivity index is 1.75. The molecule has 6 heteroatoms. The van der Waals surface area contributed by atoms with Gasteiger partial charge in [0.25, 0.3) is 0 Å². The van der Waals surface area contributed by atoms with Gasteiger partial charge in [-0.2, -0.15) is 0 Å². The van der Waals surface area contributed by atoms with Crippen LogP contribution < -0.4 is 10.6 Å². The smallest absolute Gasteiger partial charge is 0.226 e. The lowest BCUT2D eigenvalue weighted by molar-refractivity contribution is 0.192. The minimum absolute atomic E-state index is 0.568. The van der Waals surface area contributed by atoms with Crippen molar-refractivity contribution in [1.29, 1.82) is 0 Å². The molecule has 6 nitrogen and oxygen atoms in total. The van der Waals surface area contributed by atoms with Gasteiger partial charge in [0.1, 0.15) is 6.26 Å². The highest BCUT2D eigenvalue weighted by molar-refractivity contribution is 5.79. The van der Waals surface area contributed by atoms with Crippen molar-refractivity contribution in [1.82, 2.24) is 15.6 Å². The van der Waals surface area contributed by atoms with Gasteiger partial charge < -0.3 is 19.8 Å². The zero-order valence-electron chi connectivity index (χ0n) is 15.3. The second kappa shape index (κ2) is 10.5. The molecule has 0 amide bonds. The molecule has 25 heavy (non-hydrogen) atoms. The summed E-state index contributed by atoms with van der Waals surface area (Å²) in [6.07, 6.45) is 5.00. The molecule has 1 aromatic carbocycles. The zero-order valence-corrected chi connectivity index (χ0v) is 15.3. The minimum atomic E-state index is 0.568. The molecule has 0 spiro atoms. The summed E-state index contributed by atoms with van der Waals surface area (Å²) in [6, 6.07) is 8.14. The average Bonchev–Trinajstić information content (AvgIpc) is 3.10. The number of guanidine groups is 1. The van der Waals surface area contributed by atoms with Crippen molar-refractivity contribution < 1.29 is 9.15 Å². The van der Waals surface area contributed by atoms with Gasteiger partial charge in [0.15, 0.2) is 5.96 Å². The normalized spacial score (nSPS) is 11.6. The molecule has 1 heterocycles. The highest BCUT2D eigenvalue weighted by Gasteiger charge is 2.07. The van der Waals surface area contributed by atoms with Crippen LogP contribution in [-0.4, -0.2) is 38.3 Å². The maximum Gasteiger partial charge on any atom is 0.226 e. The van der Waals surface area contributed by atoms with Gasteiger partial charge in [-0.25, -0.2) is 4.98 Å². The maximum absolute atomic E-state index is 5.57. The third-order valence-electron chi connectivity index (χ3n) is 3.83. The largest absolute Gasteiger partial charge is 0.444 e. The summed E-state index contributed by atoms with van der Waals surface area (Å²) in [6.45, 7) is 4.34. The molecular weight excluding hydrogens is 316 g/mol. The molecule has 0 fully saturated rings. The summed E-state index contributed by atoms with van der Waals surface area (Å²) in [4.78, 5) is 8.74. The Bertz CT molecular complexity index is 650. The lowest BCUT2D eigenvalue weighted by atomic mass is 10.1. The number of methoxy groups -OCH3 is 1. The number of aryl methyl sites for hydroxylation is 1. The van der Waals surface area contributed by atoms with E-state index < -0.39 is 0 Å². The topological polar surface area (TPSA) is 71.7 Å². The van der Waals surface area contributed by atoms with Crippen molar-refractivity contribution in [3.8, 4) is 11.5 Å². The van der Waals surface area contributed by atoms with Crippen molar-refractivity contribution in [3.63, 3.8) is 0 Å². The Labute approximate surface area is 149 Å². The summed E-state index contributed by atoms with van der Waals surface area (Å²) in [5, 5.41) is 6.55. The van der Waals surface area contributed by atoms with Gasteiger partial charge in [0, 0.05) is 32.9 Å². The van der Waals surface area contributed by atoms with Gasteiger partial charge in [-0.05, 0) is 38.3 Å². The lowest BCUT2D eigenvalue weighted by Gasteiger charge is -2.10. The molecule has 0 saturated carbocycles. The average molecular weight is 344 g/mol. The van der Waals surface area contributed by atoms with E-state index in [1.165, 1.54) is 5.56 Å². The number of benzene rings is 1. The lowest BCUT2D eigenvalue weighted by Crippen LogP contribution is -2.37. The van der Waals surface area contributed by atoms with E-state index in [0.29, 0.717) is 12.4 Å². The second-order valence-electron chi connectivity index (χ2n) is 5.92. The molecule has 136 valence electrons. The number of aromatic nitrogens is 1. The second-order valence-corrected chi connectivity index (χ2v) is 5.92. The highest BCUT2D eigenvalue weighted by Crippen LogP contribution is 2.18. The van der Waals surface area contributed by atoms with Crippen molar-refractivity contribution in [3.05, 3.63) is 41.8 Å². The number of hydrogen-bond acceptors (Lipinski definition) is 4. The SMILES string of the molecule is CN=C(NCCCCCOC)NCc1coc(-c2ccc(C)cc2)n1. The van der Waals surface area contributed by atoms with E-state index in [1.54, 1.807) is 20.4 Å². The van der Waals surface area contributed by atoms with Crippen LogP contribution in [0.3, 0.4) is 0 Å². The van der Waals surface area contributed by atoms with Crippen molar-refractivity contribution in [2.45, 2.75) is 32.7 Å². The number of hydrogen-bond donors (Lipinski definition) is 2. The van der Waals surface area contributed by atoms with Crippen LogP contribution in [0.2, 0.25) is 0 Å². The summed E-state index contributed by atoms with van der Waals surface area (Å²) < 4.78 is 10.6. The zero-order chi connectivity index (χ0) is 17.9. The van der Waals surface area contributed by atoms with Gasteiger partial charge in [0.05, 0.1) is 12.2 Å². The van der Waals surface area contributed by atoms with Gasteiger partial charge in [-0.1, -0.05) is 17.7 Å². The fraction of sp³-hybridized carbons (Fsp3) is 0.474. The predicted molar refractivity (Wildman–Crippen MR) is 101 cm³/mol. The fourth-order valence-corrected chi connectivity index (χ4v) is 2.37. The number of ether oxygens (including phenoxy) is 1. The van der Waals surface area contributed by atoms with Crippen LogP contribution >= 0.6 is 0 Å². The van der Waals surface area contributed by atoms with E-state index in [9.17, 15) is 0 Å². The molecule has 0 unspecified atom stereocenters. The Kier molecular flexibility index (Phi) is 7.98. The maximum atomic E-state index is 5.57. The Hall–Kier alpha value is -2.34. The number of oxazole rings is 1. The molecule has 0 aliphatic carbocycles. The van der Waals surface area contributed by atoms with E-state index in [2.05, 4.69) is 39.7 Å². The molecule has 2 N–H and O–H groups in total. The van der Waals surface area contributed by atoms with Crippen LogP contribution in [0.4, 0.5) is 0 Å². The molecule has 0 atom stereocenters. The number of nitrogens with zero attached hydrogens (tertiary/aromatic N) is 2. The summed E-state index contributed by atoms with van der Waals surface area (Å²) in [5.41, 5.74) is 3.04. The summed E-state index contributed by atoms with van der Waals surface area (Å²) >= 11 is 0. The van der Waals surface area contributed by atoms with Crippen LogP contribution in [0.5, 0.6) is 0 Å². The first kappa shape index (κ1) is 19.0. The molecule has 0 saturated heterocycles. The van der Waals surface area contributed by atoms with E-state index in [4.69, 9.17) is 9.15 Å². The van der Waals surface area contributed by atoms with Gasteiger partial charge >= 0.3 is 0 Å². The third-order valence-corrected chi connectivity index (χ3v) is 3.83. The number of rotatable bonds is 9. The first-order valence-electron chi connectivity index (χ1n) is 8.68. The van der Waals surface area contributed by atoms with Crippen molar-refractivity contribution in [2.24, 2.45) is 4.99 Å². The summed E-state index contributed by atoms with van der Waals surface area (Å²) in [5.74, 6) is 1.41. The van der Waals surface area contributed by atoms with Crippen LogP contribution in [-0.2, 0) is 11.3 Å². The van der Waals surface area contributed by atoms with Crippen molar-refractivity contribution >= 4 is 5.96 Å². The monoisotopic (exact) mass is 344 g/mol. The van der Waals surface area contributed by atoms with E-state index in [-0.39, 0.29) is 0 Å². The van der Waals surface area contributed by atoms with Crippen LogP contribution in [0.25, 0.3) is 11.5 Å². The quantitative estimate of drug-likeness (QED) is 0.415. The first-order valence-corrected chi connectivity index (χ1v) is 8.68. The van der Waals surface area contributed by atoms with Gasteiger partial charge in [-0.15, -0.1) is 0 Å². The van der Waals surface area contributed by atoms with Crippen molar-refractivity contribution in [2.75, 3.05) is 27.3 Å². The van der Waals surface area contributed by atoms with Gasteiger partial charge in [-0.3, -0.25) is 4.99 Å². The first-order chi connectivity index (χ1) is 12.2.